The van der Waals surface area contributed by atoms with Gasteiger partial charge < -0.3 is 0 Å². The molecule has 7 heteroatoms. The summed E-state index contributed by atoms with van der Waals surface area (Å²) in [6, 6.07) is 2.87. The third kappa shape index (κ3) is 2.66. The van der Waals surface area contributed by atoms with Gasteiger partial charge in [-0.1, -0.05) is 27.5 Å². The maximum atomic E-state index is 10.8. The third-order valence-electron chi connectivity index (χ3n) is 1.22. The number of hydrogen-bond acceptors (Lipinski definition) is 2. The molecule has 0 radical (unpaired) electrons. The van der Waals surface area contributed by atoms with Gasteiger partial charge >= 0.3 is 0 Å². The maximum absolute atomic E-state index is 10.8. The maximum Gasteiger partial charge on any atom is 0.297 e. The Balaban J connectivity index is 3.57. The van der Waals surface area contributed by atoms with Gasteiger partial charge in [0.1, 0.15) is 4.90 Å². The predicted octanol–water partition coefficient (Wildman–Crippen LogP) is 3.11. The Hall–Kier alpha value is 0.380. The summed E-state index contributed by atoms with van der Waals surface area (Å²) in [5.41, 5.74) is 0. The van der Waals surface area contributed by atoms with Gasteiger partial charge in [0.2, 0.25) is 0 Å². The molecule has 1 aromatic rings. The zero-order valence-electron chi connectivity index (χ0n) is 5.96. The second-order valence-corrected chi connectivity index (χ2v) is 5.71. The van der Waals surface area contributed by atoms with E-state index >= 15 is 0 Å². The van der Waals surface area contributed by atoms with Crippen LogP contribution in [-0.4, -0.2) is 13.0 Å². The van der Waals surface area contributed by atoms with Crippen LogP contribution in [0.2, 0.25) is 5.02 Å². The van der Waals surface area contributed by atoms with Gasteiger partial charge in [0.25, 0.3) is 10.1 Å². The standard InChI is InChI=1S/C6H3Br2ClO3S/c7-3-1-4(8)6(5(9)2-3)13(10,11)12/h1-2H,(H,10,11,12). The average molecular weight is 350 g/mol. The quantitative estimate of drug-likeness (QED) is 0.792. The van der Waals surface area contributed by atoms with Crippen LogP contribution in [0.15, 0.2) is 26.0 Å². The van der Waals surface area contributed by atoms with Crippen molar-refractivity contribution in [2.75, 3.05) is 0 Å². The van der Waals surface area contributed by atoms with Crippen LogP contribution >= 0.6 is 43.5 Å². The van der Waals surface area contributed by atoms with E-state index in [-0.39, 0.29) is 14.4 Å². The Morgan fingerprint density at radius 2 is 1.85 bits per heavy atom. The second-order valence-electron chi connectivity index (χ2n) is 2.17. The van der Waals surface area contributed by atoms with Crippen molar-refractivity contribution in [3.05, 3.63) is 26.1 Å². The van der Waals surface area contributed by atoms with Crippen LogP contribution in [0.3, 0.4) is 0 Å². The van der Waals surface area contributed by atoms with Crippen LogP contribution in [-0.2, 0) is 10.1 Å². The van der Waals surface area contributed by atoms with Gasteiger partial charge in [-0.2, -0.15) is 8.42 Å². The van der Waals surface area contributed by atoms with Crippen molar-refractivity contribution in [3.63, 3.8) is 0 Å². The zero-order chi connectivity index (χ0) is 10.2. The summed E-state index contributed by atoms with van der Waals surface area (Å²) < 4.78 is 31.2. The smallest absolute Gasteiger partial charge is 0.282 e. The topological polar surface area (TPSA) is 54.4 Å². The molecule has 3 nitrogen and oxygen atoms in total. The van der Waals surface area contributed by atoms with Crippen LogP contribution in [0.4, 0.5) is 0 Å². The Bertz CT molecular complexity index is 420. The molecule has 72 valence electrons. The zero-order valence-corrected chi connectivity index (χ0v) is 10.7. The lowest BCUT2D eigenvalue weighted by atomic mass is 10.4. The number of halogens is 3. The van der Waals surface area contributed by atoms with Gasteiger partial charge in [0.05, 0.1) is 5.02 Å². The van der Waals surface area contributed by atoms with E-state index in [2.05, 4.69) is 31.9 Å². The second kappa shape index (κ2) is 3.86. The van der Waals surface area contributed by atoms with Crippen molar-refractivity contribution in [3.8, 4) is 0 Å². The molecule has 0 saturated heterocycles. The molecule has 0 aliphatic heterocycles. The summed E-state index contributed by atoms with van der Waals surface area (Å²) in [6.07, 6.45) is 0. The molecule has 0 bridgehead atoms. The first kappa shape index (κ1) is 11.5. The van der Waals surface area contributed by atoms with E-state index in [0.29, 0.717) is 4.47 Å². The SMILES string of the molecule is O=S(=O)(O)c1c(Cl)cc(Br)cc1Br. The number of benzene rings is 1. The normalized spacial score (nSPS) is 11.7. The Morgan fingerprint density at radius 3 is 2.23 bits per heavy atom. The molecule has 1 aromatic carbocycles. The molecule has 0 aliphatic rings. The van der Waals surface area contributed by atoms with Crippen LogP contribution in [0.1, 0.15) is 0 Å². The van der Waals surface area contributed by atoms with Gasteiger partial charge in [-0.25, -0.2) is 0 Å². The molecule has 13 heavy (non-hydrogen) atoms. The average Bonchev–Trinajstić information content (AvgIpc) is 1.78. The van der Waals surface area contributed by atoms with E-state index in [1.54, 1.807) is 0 Å². The summed E-state index contributed by atoms with van der Waals surface area (Å²) in [7, 11) is -4.28. The first-order valence-electron chi connectivity index (χ1n) is 2.94. The largest absolute Gasteiger partial charge is 0.297 e. The molecular weight excluding hydrogens is 347 g/mol. The first-order valence-corrected chi connectivity index (χ1v) is 6.35. The van der Waals surface area contributed by atoms with Gasteiger partial charge in [-0.15, -0.1) is 0 Å². The van der Waals surface area contributed by atoms with E-state index in [9.17, 15) is 8.42 Å². The fraction of sp³-hybridized carbons (Fsp3) is 0. The van der Waals surface area contributed by atoms with Crippen molar-refractivity contribution in [2.45, 2.75) is 4.90 Å². The molecule has 0 aliphatic carbocycles. The summed E-state index contributed by atoms with van der Waals surface area (Å²) in [5, 5.41) is -0.0382. The van der Waals surface area contributed by atoms with Crippen LogP contribution < -0.4 is 0 Å². The van der Waals surface area contributed by atoms with Gasteiger partial charge in [0.15, 0.2) is 0 Å². The minimum atomic E-state index is -4.28. The highest BCUT2D eigenvalue weighted by atomic mass is 79.9. The van der Waals surface area contributed by atoms with Crippen LogP contribution in [0, 0.1) is 0 Å². The molecule has 1 N–H and O–H groups in total. The molecule has 0 unspecified atom stereocenters. The van der Waals surface area contributed by atoms with Crippen molar-refractivity contribution >= 4 is 53.6 Å². The number of rotatable bonds is 1. The minimum absolute atomic E-state index is 0.0382. The fourth-order valence-corrected chi connectivity index (χ4v) is 3.98. The van der Waals surface area contributed by atoms with Crippen molar-refractivity contribution < 1.29 is 13.0 Å². The molecule has 0 heterocycles. The molecule has 0 amide bonds. The summed E-state index contributed by atoms with van der Waals surface area (Å²) in [4.78, 5) is -0.322. The molecular formula is C6H3Br2ClO3S. The summed E-state index contributed by atoms with van der Waals surface area (Å²) in [6.45, 7) is 0. The highest BCUT2D eigenvalue weighted by molar-refractivity contribution is 9.11. The fourth-order valence-electron chi connectivity index (χ4n) is 0.775. The molecule has 0 saturated carbocycles. The Labute approximate surface area is 97.1 Å². The minimum Gasteiger partial charge on any atom is -0.282 e. The lowest BCUT2D eigenvalue weighted by Gasteiger charge is -2.03. The lowest BCUT2D eigenvalue weighted by Crippen LogP contribution is -2.00. The van der Waals surface area contributed by atoms with Crippen molar-refractivity contribution in [1.82, 2.24) is 0 Å². The molecule has 0 aromatic heterocycles. The van der Waals surface area contributed by atoms with Crippen LogP contribution in [0.5, 0.6) is 0 Å². The van der Waals surface area contributed by atoms with Gasteiger partial charge in [0, 0.05) is 8.95 Å². The van der Waals surface area contributed by atoms with E-state index in [1.807, 2.05) is 0 Å². The molecule has 0 atom stereocenters. The molecule has 0 fully saturated rings. The Kier molecular flexibility index (Phi) is 3.40. The summed E-state index contributed by atoms with van der Waals surface area (Å²) in [5.74, 6) is 0. The van der Waals surface area contributed by atoms with Gasteiger partial charge in [-0.05, 0) is 28.1 Å². The van der Waals surface area contributed by atoms with Crippen molar-refractivity contribution in [1.29, 1.82) is 0 Å². The highest BCUT2D eigenvalue weighted by Gasteiger charge is 2.18. The predicted molar refractivity (Wildman–Crippen MR) is 56.7 cm³/mol. The first-order chi connectivity index (χ1) is 5.82. The Morgan fingerprint density at radius 1 is 1.31 bits per heavy atom. The molecule has 0 spiro atoms. The third-order valence-corrected chi connectivity index (χ3v) is 3.93. The number of hydrogen-bond donors (Lipinski definition) is 1. The van der Waals surface area contributed by atoms with E-state index in [1.165, 1.54) is 12.1 Å². The monoisotopic (exact) mass is 348 g/mol. The van der Waals surface area contributed by atoms with Gasteiger partial charge in [-0.3, -0.25) is 4.55 Å². The van der Waals surface area contributed by atoms with Crippen molar-refractivity contribution in [2.24, 2.45) is 0 Å². The highest BCUT2D eigenvalue weighted by Crippen LogP contribution is 2.32. The van der Waals surface area contributed by atoms with Crippen LogP contribution in [0.25, 0.3) is 0 Å². The molecule has 1 rings (SSSR count). The van der Waals surface area contributed by atoms with E-state index in [4.69, 9.17) is 16.2 Å². The lowest BCUT2D eigenvalue weighted by molar-refractivity contribution is 0.482. The van der Waals surface area contributed by atoms with E-state index < -0.39 is 10.1 Å². The van der Waals surface area contributed by atoms with E-state index in [0.717, 1.165) is 0 Å². The summed E-state index contributed by atoms with van der Waals surface area (Å²) >= 11 is 11.7.